The SMILES string of the molecule is Cc1ccc(-c2nc(CN3C(=O)NC(C)(c4cccc(C(N)=O)c4)C3=O)cs2)cc1. The molecule has 2 aromatic carbocycles. The van der Waals surface area contributed by atoms with Gasteiger partial charge < -0.3 is 11.1 Å². The second-order valence-electron chi connectivity index (χ2n) is 7.40. The highest BCUT2D eigenvalue weighted by Crippen LogP contribution is 2.31. The van der Waals surface area contributed by atoms with Gasteiger partial charge in [-0.3, -0.25) is 14.5 Å². The predicted octanol–water partition coefficient (Wildman–Crippen LogP) is 3.18. The maximum atomic E-state index is 13.1. The molecule has 0 aliphatic carbocycles. The lowest BCUT2D eigenvalue weighted by Gasteiger charge is -2.22. The molecule has 0 saturated carbocycles. The van der Waals surface area contributed by atoms with Crippen LogP contribution in [0.2, 0.25) is 0 Å². The molecule has 1 aliphatic rings. The van der Waals surface area contributed by atoms with Gasteiger partial charge in [-0.1, -0.05) is 42.0 Å². The van der Waals surface area contributed by atoms with E-state index in [0.29, 0.717) is 11.3 Å². The van der Waals surface area contributed by atoms with Gasteiger partial charge in [0.05, 0.1) is 12.2 Å². The third-order valence-corrected chi connectivity index (χ3v) is 6.11. The minimum Gasteiger partial charge on any atom is -0.366 e. The van der Waals surface area contributed by atoms with Gasteiger partial charge in [-0.15, -0.1) is 11.3 Å². The Labute approximate surface area is 177 Å². The number of aryl methyl sites for hydroxylation is 1. The molecule has 1 unspecified atom stereocenters. The largest absolute Gasteiger partial charge is 0.366 e. The molecule has 1 saturated heterocycles. The van der Waals surface area contributed by atoms with Crippen LogP contribution < -0.4 is 11.1 Å². The van der Waals surface area contributed by atoms with Crippen molar-refractivity contribution in [3.05, 3.63) is 76.3 Å². The Morgan fingerprint density at radius 1 is 1.20 bits per heavy atom. The third-order valence-electron chi connectivity index (χ3n) is 5.17. The number of carbonyl (C=O) groups excluding carboxylic acids is 3. The number of carbonyl (C=O) groups is 3. The van der Waals surface area contributed by atoms with E-state index in [1.807, 2.05) is 36.6 Å². The van der Waals surface area contributed by atoms with E-state index in [9.17, 15) is 14.4 Å². The number of hydrogen-bond donors (Lipinski definition) is 2. The molecule has 1 aromatic heterocycles. The topological polar surface area (TPSA) is 105 Å². The second kappa shape index (κ2) is 7.38. The molecule has 2 heterocycles. The Hall–Kier alpha value is -3.52. The number of aromatic nitrogens is 1. The van der Waals surface area contributed by atoms with E-state index in [2.05, 4.69) is 10.3 Å². The smallest absolute Gasteiger partial charge is 0.325 e. The average molecular weight is 420 g/mol. The summed E-state index contributed by atoms with van der Waals surface area (Å²) in [5, 5.41) is 5.41. The number of nitrogens with one attached hydrogen (secondary N) is 1. The van der Waals surface area contributed by atoms with Gasteiger partial charge in [0.2, 0.25) is 5.91 Å². The molecule has 3 aromatic rings. The summed E-state index contributed by atoms with van der Waals surface area (Å²) in [5.41, 5.74) is 7.62. The van der Waals surface area contributed by atoms with Crippen LogP contribution in [0.1, 0.15) is 34.1 Å². The van der Waals surface area contributed by atoms with E-state index in [1.54, 1.807) is 25.1 Å². The summed E-state index contributed by atoms with van der Waals surface area (Å²) in [6, 6.07) is 13.9. The van der Waals surface area contributed by atoms with Gasteiger partial charge in [-0.25, -0.2) is 9.78 Å². The first-order valence-corrected chi connectivity index (χ1v) is 10.2. The Kier molecular flexibility index (Phi) is 4.87. The number of rotatable bonds is 5. The van der Waals surface area contributed by atoms with Crippen molar-refractivity contribution in [2.24, 2.45) is 5.73 Å². The van der Waals surface area contributed by atoms with Crippen molar-refractivity contribution in [1.82, 2.24) is 15.2 Å². The number of nitrogens with zero attached hydrogens (tertiary/aromatic N) is 2. The van der Waals surface area contributed by atoms with Crippen LogP contribution in [0, 0.1) is 6.92 Å². The minimum atomic E-state index is -1.28. The fourth-order valence-corrected chi connectivity index (χ4v) is 4.21. The number of hydrogen-bond acceptors (Lipinski definition) is 5. The summed E-state index contributed by atoms with van der Waals surface area (Å²) < 4.78 is 0. The van der Waals surface area contributed by atoms with Gasteiger partial charge in [-0.2, -0.15) is 0 Å². The van der Waals surface area contributed by atoms with E-state index >= 15 is 0 Å². The zero-order valence-electron chi connectivity index (χ0n) is 16.5. The lowest BCUT2D eigenvalue weighted by molar-refractivity contribution is -0.131. The summed E-state index contributed by atoms with van der Waals surface area (Å²) in [6.07, 6.45) is 0. The maximum Gasteiger partial charge on any atom is 0.325 e. The van der Waals surface area contributed by atoms with Crippen molar-refractivity contribution in [3.63, 3.8) is 0 Å². The first-order valence-electron chi connectivity index (χ1n) is 9.34. The molecule has 0 spiro atoms. The van der Waals surface area contributed by atoms with Crippen molar-refractivity contribution in [1.29, 1.82) is 0 Å². The molecule has 7 nitrogen and oxygen atoms in total. The maximum absolute atomic E-state index is 13.1. The molecule has 4 rings (SSSR count). The highest BCUT2D eigenvalue weighted by molar-refractivity contribution is 7.13. The Morgan fingerprint density at radius 2 is 1.93 bits per heavy atom. The number of primary amides is 1. The van der Waals surface area contributed by atoms with Crippen LogP contribution in [-0.2, 0) is 16.9 Å². The monoisotopic (exact) mass is 420 g/mol. The van der Waals surface area contributed by atoms with E-state index in [-0.39, 0.29) is 12.1 Å². The van der Waals surface area contributed by atoms with E-state index in [0.717, 1.165) is 21.0 Å². The van der Waals surface area contributed by atoms with Crippen LogP contribution in [0.25, 0.3) is 10.6 Å². The molecule has 1 fully saturated rings. The van der Waals surface area contributed by atoms with Gasteiger partial charge >= 0.3 is 6.03 Å². The molecule has 0 bridgehead atoms. The summed E-state index contributed by atoms with van der Waals surface area (Å²) in [4.78, 5) is 43.0. The first kappa shape index (κ1) is 19.8. The summed E-state index contributed by atoms with van der Waals surface area (Å²) in [5.74, 6) is -1.00. The molecule has 3 N–H and O–H groups in total. The predicted molar refractivity (Wildman–Crippen MR) is 114 cm³/mol. The standard InChI is InChI=1S/C22H20N4O3S/c1-13-6-8-14(9-7-13)19-24-17(12-30-19)11-26-20(28)22(2,25-21(26)29)16-5-3-4-15(10-16)18(23)27/h3-10,12H,11H2,1-2H3,(H2,23,27)(H,25,29). The van der Waals surface area contributed by atoms with Crippen LogP contribution in [0.15, 0.2) is 53.9 Å². The summed E-state index contributed by atoms with van der Waals surface area (Å²) in [7, 11) is 0. The number of imide groups is 1. The van der Waals surface area contributed by atoms with Crippen LogP contribution in [-0.4, -0.2) is 27.7 Å². The summed E-state index contributed by atoms with van der Waals surface area (Å²) in [6.45, 7) is 3.70. The second-order valence-corrected chi connectivity index (χ2v) is 8.26. The van der Waals surface area contributed by atoms with Crippen molar-refractivity contribution in [2.45, 2.75) is 25.9 Å². The fourth-order valence-electron chi connectivity index (χ4n) is 3.39. The van der Waals surface area contributed by atoms with Crippen molar-refractivity contribution in [3.8, 4) is 10.6 Å². The van der Waals surface area contributed by atoms with E-state index in [4.69, 9.17) is 5.73 Å². The van der Waals surface area contributed by atoms with Crippen LogP contribution in [0.5, 0.6) is 0 Å². The van der Waals surface area contributed by atoms with Crippen LogP contribution in [0.4, 0.5) is 4.79 Å². The highest BCUT2D eigenvalue weighted by Gasteiger charge is 2.49. The minimum absolute atomic E-state index is 0.0676. The van der Waals surface area contributed by atoms with Crippen LogP contribution >= 0.6 is 11.3 Å². The molecule has 0 radical (unpaired) electrons. The Balaban J connectivity index is 1.57. The molecule has 30 heavy (non-hydrogen) atoms. The van der Waals surface area contributed by atoms with E-state index in [1.165, 1.54) is 17.4 Å². The lowest BCUT2D eigenvalue weighted by Crippen LogP contribution is -2.41. The third kappa shape index (κ3) is 3.46. The van der Waals surface area contributed by atoms with Crippen LogP contribution in [0.3, 0.4) is 0 Å². The molecule has 1 aliphatic heterocycles. The Bertz CT molecular complexity index is 1160. The summed E-state index contributed by atoms with van der Waals surface area (Å²) >= 11 is 1.46. The number of nitrogens with two attached hydrogens (primary N) is 1. The molecule has 1 atom stereocenters. The van der Waals surface area contributed by atoms with Gasteiger partial charge in [0.1, 0.15) is 10.5 Å². The molecule has 8 heteroatoms. The van der Waals surface area contributed by atoms with Gasteiger partial charge in [0.25, 0.3) is 5.91 Å². The van der Waals surface area contributed by atoms with Crippen molar-refractivity contribution >= 4 is 29.2 Å². The quantitative estimate of drug-likeness (QED) is 0.618. The van der Waals surface area contributed by atoms with Gasteiger partial charge in [0.15, 0.2) is 0 Å². The van der Waals surface area contributed by atoms with E-state index < -0.39 is 23.4 Å². The molecule has 152 valence electrons. The van der Waals surface area contributed by atoms with Crippen molar-refractivity contribution < 1.29 is 14.4 Å². The zero-order chi connectivity index (χ0) is 21.5. The fraction of sp³-hybridized carbons (Fsp3) is 0.182. The number of thiazole rings is 1. The molecule has 4 amide bonds. The molecular formula is C22H20N4O3S. The number of benzene rings is 2. The first-order chi connectivity index (χ1) is 14.3. The number of urea groups is 1. The average Bonchev–Trinajstić information content (AvgIpc) is 3.28. The normalized spacial score (nSPS) is 18.5. The highest BCUT2D eigenvalue weighted by atomic mass is 32.1. The Morgan fingerprint density at radius 3 is 2.63 bits per heavy atom. The van der Waals surface area contributed by atoms with Gasteiger partial charge in [0, 0.05) is 16.5 Å². The zero-order valence-corrected chi connectivity index (χ0v) is 17.3. The molecular weight excluding hydrogens is 400 g/mol. The number of amides is 4. The lowest BCUT2D eigenvalue weighted by atomic mass is 9.90. The van der Waals surface area contributed by atoms with Gasteiger partial charge in [-0.05, 0) is 31.5 Å². The van der Waals surface area contributed by atoms with Crippen molar-refractivity contribution in [2.75, 3.05) is 0 Å².